The largest absolute Gasteiger partial charge is 0.497 e. The molecule has 0 saturated heterocycles. The summed E-state index contributed by atoms with van der Waals surface area (Å²) in [5, 5.41) is 12.5. The van der Waals surface area contributed by atoms with E-state index in [4.69, 9.17) is 4.74 Å². The van der Waals surface area contributed by atoms with Crippen LogP contribution in [0.25, 0.3) is 11.8 Å². The monoisotopic (exact) mass is 492 g/mol. The minimum absolute atomic E-state index is 0.0303. The van der Waals surface area contributed by atoms with Gasteiger partial charge in [0.05, 0.1) is 19.4 Å². The highest BCUT2D eigenvalue weighted by Gasteiger charge is 2.17. The summed E-state index contributed by atoms with van der Waals surface area (Å²) in [4.78, 5) is 12.9. The van der Waals surface area contributed by atoms with E-state index in [2.05, 4.69) is 10.0 Å². The second-order valence-electron chi connectivity index (χ2n) is 8.22. The van der Waals surface area contributed by atoms with Crippen LogP contribution in [0.3, 0.4) is 0 Å². The molecule has 2 aromatic carbocycles. The molecule has 35 heavy (non-hydrogen) atoms. The van der Waals surface area contributed by atoms with E-state index >= 15 is 0 Å². The smallest absolute Gasteiger partial charge is 0.262 e. The van der Waals surface area contributed by atoms with Gasteiger partial charge in [-0.15, -0.1) is 0 Å². The highest BCUT2D eigenvalue weighted by molar-refractivity contribution is 7.92. The molecule has 8 nitrogen and oxygen atoms in total. The van der Waals surface area contributed by atoms with Gasteiger partial charge >= 0.3 is 0 Å². The normalized spacial score (nSPS) is 12.5. The number of rotatable bonds is 8. The highest BCUT2D eigenvalue weighted by atomic mass is 32.2. The molecule has 3 rings (SSSR count). The van der Waals surface area contributed by atoms with Crippen LogP contribution in [0.15, 0.2) is 60.2 Å². The SMILES string of the molecule is COc1ccc(-n2c(C)cc(C=C(C#N)C(=O)NC(C)c3cccc(NS(C)(=O)=O)c3)c2C)cc1. The first kappa shape index (κ1) is 25.6. The molecule has 182 valence electrons. The number of amides is 1. The molecule has 0 fully saturated rings. The van der Waals surface area contributed by atoms with Gasteiger partial charge in [-0.1, -0.05) is 12.1 Å². The van der Waals surface area contributed by atoms with Crippen molar-refractivity contribution in [2.75, 3.05) is 18.1 Å². The predicted octanol–water partition coefficient (Wildman–Crippen LogP) is 4.26. The van der Waals surface area contributed by atoms with Crippen LogP contribution in [-0.2, 0) is 14.8 Å². The van der Waals surface area contributed by atoms with Crippen molar-refractivity contribution in [2.24, 2.45) is 0 Å². The summed E-state index contributed by atoms with van der Waals surface area (Å²) in [6.07, 6.45) is 2.65. The summed E-state index contributed by atoms with van der Waals surface area (Å²) in [5.74, 6) is 0.238. The summed E-state index contributed by atoms with van der Waals surface area (Å²) < 4.78 is 32.7. The molecule has 1 heterocycles. The average Bonchev–Trinajstić information content (AvgIpc) is 3.09. The van der Waals surface area contributed by atoms with Gasteiger partial charge in [-0.2, -0.15) is 5.26 Å². The van der Waals surface area contributed by atoms with Crippen LogP contribution in [-0.4, -0.2) is 32.3 Å². The number of carbonyl (C=O) groups excluding carboxylic acids is 1. The molecule has 0 aliphatic rings. The molecule has 1 unspecified atom stereocenters. The number of carbonyl (C=O) groups is 1. The number of methoxy groups -OCH3 is 1. The second kappa shape index (κ2) is 10.5. The van der Waals surface area contributed by atoms with Crippen molar-refractivity contribution in [3.8, 4) is 17.5 Å². The third-order valence-electron chi connectivity index (χ3n) is 5.50. The van der Waals surface area contributed by atoms with E-state index in [1.165, 1.54) is 0 Å². The second-order valence-corrected chi connectivity index (χ2v) is 9.97. The van der Waals surface area contributed by atoms with Gasteiger partial charge in [0.2, 0.25) is 10.0 Å². The van der Waals surface area contributed by atoms with Gasteiger partial charge in [-0.3, -0.25) is 9.52 Å². The number of nitrogens with one attached hydrogen (secondary N) is 2. The molecular formula is C26H28N4O4S. The number of nitrogens with zero attached hydrogens (tertiary/aromatic N) is 2. The summed E-state index contributed by atoms with van der Waals surface area (Å²) in [6, 6.07) is 17.8. The van der Waals surface area contributed by atoms with Crippen molar-refractivity contribution in [3.63, 3.8) is 0 Å². The quantitative estimate of drug-likeness (QED) is 0.360. The Labute approximate surface area is 205 Å². The number of nitriles is 1. The van der Waals surface area contributed by atoms with Gasteiger partial charge in [-0.05, 0) is 80.4 Å². The van der Waals surface area contributed by atoms with Gasteiger partial charge in [-0.25, -0.2) is 8.42 Å². The number of ether oxygens (including phenoxy) is 1. The van der Waals surface area contributed by atoms with Crippen LogP contribution in [0, 0.1) is 25.2 Å². The van der Waals surface area contributed by atoms with E-state index < -0.39 is 22.0 Å². The van der Waals surface area contributed by atoms with Crippen LogP contribution in [0.5, 0.6) is 5.75 Å². The van der Waals surface area contributed by atoms with Crippen LogP contribution >= 0.6 is 0 Å². The minimum atomic E-state index is -3.42. The molecule has 9 heteroatoms. The van der Waals surface area contributed by atoms with Crippen molar-refractivity contribution in [2.45, 2.75) is 26.8 Å². The maximum atomic E-state index is 12.9. The van der Waals surface area contributed by atoms with Gasteiger partial charge in [0, 0.05) is 22.8 Å². The number of benzene rings is 2. The first-order valence-electron chi connectivity index (χ1n) is 10.9. The molecule has 0 aliphatic carbocycles. The van der Waals surface area contributed by atoms with Gasteiger partial charge < -0.3 is 14.6 Å². The van der Waals surface area contributed by atoms with Crippen molar-refractivity contribution in [1.82, 2.24) is 9.88 Å². The predicted molar refractivity (Wildman–Crippen MR) is 137 cm³/mol. The van der Waals surface area contributed by atoms with E-state index in [-0.39, 0.29) is 5.57 Å². The fourth-order valence-corrected chi connectivity index (χ4v) is 4.36. The molecule has 1 atom stereocenters. The maximum absolute atomic E-state index is 12.9. The summed E-state index contributed by atoms with van der Waals surface area (Å²) in [5.41, 5.74) is 4.62. The topological polar surface area (TPSA) is 113 Å². The van der Waals surface area contributed by atoms with Crippen molar-refractivity contribution in [1.29, 1.82) is 5.26 Å². The van der Waals surface area contributed by atoms with Crippen LogP contribution in [0.4, 0.5) is 5.69 Å². The first-order valence-corrected chi connectivity index (χ1v) is 12.8. The van der Waals surface area contributed by atoms with E-state index in [1.54, 1.807) is 44.4 Å². The van der Waals surface area contributed by atoms with Gasteiger partial charge in [0.1, 0.15) is 17.4 Å². The van der Waals surface area contributed by atoms with Crippen molar-refractivity contribution in [3.05, 3.63) is 82.7 Å². The summed E-state index contributed by atoms with van der Waals surface area (Å²) in [7, 11) is -1.81. The van der Waals surface area contributed by atoms with Crippen LogP contribution in [0.2, 0.25) is 0 Å². The lowest BCUT2D eigenvalue weighted by molar-refractivity contribution is -0.117. The molecule has 0 spiro atoms. The molecule has 0 bridgehead atoms. The van der Waals surface area contributed by atoms with E-state index in [9.17, 15) is 18.5 Å². The Morgan fingerprint density at radius 3 is 2.43 bits per heavy atom. The lowest BCUT2D eigenvalue weighted by Crippen LogP contribution is -2.27. The van der Waals surface area contributed by atoms with E-state index in [0.717, 1.165) is 34.6 Å². The Morgan fingerprint density at radius 2 is 1.83 bits per heavy atom. The zero-order valence-corrected chi connectivity index (χ0v) is 21.1. The third-order valence-corrected chi connectivity index (χ3v) is 6.11. The zero-order chi connectivity index (χ0) is 25.8. The van der Waals surface area contributed by atoms with E-state index in [0.29, 0.717) is 11.3 Å². The van der Waals surface area contributed by atoms with Gasteiger partial charge in [0.15, 0.2) is 0 Å². The van der Waals surface area contributed by atoms with Crippen molar-refractivity contribution < 1.29 is 17.9 Å². The number of anilines is 1. The number of sulfonamides is 1. The fourth-order valence-electron chi connectivity index (χ4n) is 3.81. The maximum Gasteiger partial charge on any atom is 0.262 e. The van der Waals surface area contributed by atoms with E-state index in [1.807, 2.05) is 54.8 Å². The molecule has 1 amide bonds. The molecule has 1 aromatic heterocycles. The lowest BCUT2D eigenvalue weighted by Gasteiger charge is -2.15. The minimum Gasteiger partial charge on any atom is -0.497 e. The zero-order valence-electron chi connectivity index (χ0n) is 20.3. The molecule has 0 radical (unpaired) electrons. The average molecular weight is 493 g/mol. The number of aryl methyl sites for hydroxylation is 1. The Bertz CT molecular complexity index is 1410. The molecule has 3 aromatic rings. The van der Waals surface area contributed by atoms with Crippen molar-refractivity contribution >= 4 is 27.7 Å². The number of hydrogen-bond donors (Lipinski definition) is 2. The lowest BCUT2D eigenvalue weighted by atomic mass is 10.1. The van der Waals surface area contributed by atoms with Crippen LogP contribution < -0.4 is 14.8 Å². The molecule has 2 N–H and O–H groups in total. The fraction of sp³-hybridized carbons (Fsp3) is 0.231. The Kier molecular flexibility index (Phi) is 7.67. The Hall–Kier alpha value is -4.03. The van der Waals surface area contributed by atoms with Gasteiger partial charge in [0.25, 0.3) is 5.91 Å². The number of aromatic nitrogens is 1. The highest BCUT2D eigenvalue weighted by Crippen LogP contribution is 2.25. The summed E-state index contributed by atoms with van der Waals surface area (Å²) in [6.45, 7) is 5.65. The van der Waals surface area contributed by atoms with Crippen LogP contribution in [0.1, 0.15) is 35.5 Å². The Balaban J connectivity index is 1.83. The molecular weight excluding hydrogens is 464 g/mol. The Morgan fingerprint density at radius 1 is 1.14 bits per heavy atom. The molecule has 0 aliphatic heterocycles. The summed E-state index contributed by atoms with van der Waals surface area (Å²) >= 11 is 0. The molecule has 0 saturated carbocycles. The standard InChI is InChI=1S/C26H28N4O4S/c1-17-13-21(19(3)30(17)24-9-11-25(34-4)12-10-24)14-22(16-27)26(31)28-18(2)20-7-6-8-23(15-20)29-35(5,32)33/h6-15,18,29H,1-5H3,(H,28,31). The first-order chi connectivity index (χ1) is 16.5. The number of hydrogen-bond acceptors (Lipinski definition) is 5. The third kappa shape index (κ3) is 6.31.